The van der Waals surface area contributed by atoms with Crippen molar-refractivity contribution in [1.82, 2.24) is 0 Å². The molecule has 0 amide bonds. The van der Waals surface area contributed by atoms with Gasteiger partial charge >= 0.3 is 5.97 Å². The van der Waals surface area contributed by atoms with E-state index in [4.69, 9.17) is 14.2 Å². The third-order valence-electron chi connectivity index (χ3n) is 2.28. The minimum Gasteiger partial charge on any atom is -0.466 e. The van der Waals surface area contributed by atoms with Gasteiger partial charge in [-0.3, -0.25) is 4.79 Å². The molecule has 0 radical (unpaired) electrons. The zero-order chi connectivity index (χ0) is 11.1. The molecule has 1 unspecified atom stereocenters. The van der Waals surface area contributed by atoms with E-state index in [0.717, 1.165) is 25.9 Å². The van der Waals surface area contributed by atoms with Gasteiger partial charge in [0.15, 0.2) is 6.29 Å². The molecule has 1 aliphatic rings. The van der Waals surface area contributed by atoms with Crippen molar-refractivity contribution in [1.29, 1.82) is 0 Å². The SMILES string of the molecule is CCOC(=O)C[C@H](C)OC1CCCCO1. The van der Waals surface area contributed by atoms with Crippen LogP contribution in [0.5, 0.6) is 0 Å². The number of carbonyl (C=O) groups is 1. The summed E-state index contributed by atoms with van der Waals surface area (Å²) in [7, 11) is 0. The Hall–Kier alpha value is -0.610. The van der Waals surface area contributed by atoms with Crippen molar-refractivity contribution in [2.24, 2.45) is 0 Å². The van der Waals surface area contributed by atoms with Crippen LogP contribution in [0.3, 0.4) is 0 Å². The molecule has 0 aromatic carbocycles. The average molecular weight is 216 g/mol. The van der Waals surface area contributed by atoms with Crippen LogP contribution in [0.25, 0.3) is 0 Å². The topological polar surface area (TPSA) is 44.8 Å². The monoisotopic (exact) mass is 216 g/mol. The summed E-state index contributed by atoms with van der Waals surface area (Å²) in [6, 6.07) is 0. The van der Waals surface area contributed by atoms with E-state index in [-0.39, 0.29) is 18.4 Å². The minimum absolute atomic E-state index is 0.132. The number of carbonyl (C=O) groups excluding carboxylic acids is 1. The fraction of sp³-hybridized carbons (Fsp3) is 0.909. The Labute approximate surface area is 90.9 Å². The van der Waals surface area contributed by atoms with Crippen LogP contribution in [0.1, 0.15) is 39.5 Å². The zero-order valence-electron chi connectivity index (χ0n) is 9.53. The highest BCUT2D eigenvalue weighted by molar-refractivity contribution is 5.69. The van der Waals surface area contributed by atoms with Crippen molar-refractivity contribution in [3.05, 3.63) is 0 Å². The lowest BCUT2D eigenvalue weighted by Crippen LogP contribution is -2.28. The standard InChI is InChI=1S/C11H20O4/c1-3-13-10(12)8-9(2)15-11-6-4-5-7-14-11/h9,11H,3-8H2,1-2H3/t9-,11?/m0/s1. The Morgan fingerprint density at radius 3 is 2.93 bits per heavy atom. The third-order valence-corrected chi connectivity index (χ3v) is 2.28. The second-order valence-electron chi connectivity index (χ2n) is 3.75. The van der Waals surface area contributed by atoms with E-state index in [2.05, 4.69) is 0 Å². The highest BCUT2D eigenvalue weighted by Crippen LogP contribution is 2.16. The van der Waals surface area contributed by atoms with Gasteiger partial charge in [-0.15, -0.1) is 0 Å². The predicted octanol–water partition coefficient (Wildman–Crippen LogP) is 1.87. The van der Waals surface area contributed by atoms with Crippen LogP contribution >= 0.6 is 0 Å². The molecule has 0 spiro atoms. The van der Waals surface area contributed by atoms with Gasteiger partial charge in [-0.25, -0.2) is 0 Å². The summed E-state index contributed by atoms with van der Waals surface area (Å²) < 4.78 is 15.8. The lowest BCUT2D eigenvalue weighted by atomic mass is 10.2. The van der Waals surface area contributed by atoms with Crippen LogP contribution in [0.2, 0.25) is 0 Å². The molecule has 1 heterocycles. The molecule has 1 saturated heterocycles. The number of ether oxygens (including phenoxy) is 3. The van der Waals surface area contributed by atoms with Crippen LogP contribution in [-0.4, -0.2) is 31.6 Å². The van der Waals surface area contributed by atoms with Gasteiger partial charge in [0, 0.05) is 6.61 Å². The van der Waals surface area contributed by atoms with Crippen LogP contribution in [0.15, 0.2) is 0 Å². The number of hydrogen-bond acceptors (Lipinski definition) is 4. The summed E-state index contributed by atoms with van der Waals surface area (Å²) in [4.78, 5) is 11.2. The first kappa shape index (κ1) is 12.5. The first-order valence-electron chi connectivity index (χ1n) is 5.65. The second-order valence-corrected chi connectivity index (χ2v) is 3.75. The third kappa shape index (κ3) is 5.14. The van der Waals surface area contributed by atoms with E-state index in [9.17, 15) is 4.79 Å². The molecule has 0 bridgehead atoms. The Balaban J connectivity index is 2.16. The van der Waals surface area contributed by atoms with E-state index in [1.165, 1.54) is 0 Å². The molecule has 4 heteroatoms. The largest absolute Gasteiger partial charge is 0.466 e. The molecule has 2 atom stereocenters. The van der Waals surface area contributed by atoms with Crippen molar-refractivity contribution in [3.63, 3.8) is 0 Å². The summed E-state index contributed by atoms with van der Waals surface area (Å²) in [5.41, 5.74) is 0. The van der Waals surface area contributed by atoms with Gasteiger partial charge in [-0.1, -0.05) is 0 Å². The molecule has 0 aromatic heterocycles. The molecule has 15 heavy (non-hydrogen) atoms. The van der Waals surface area contributed by atoms with E-state index in [1.54, 1.807) is 6.92 Å². The van der Waals surface area contributed by atoms with Crippen molar-refractivity contribution in [3.8, 4) is 0 Å². The smallest absolute Gasteiger partial charge is 0.308 e. The Bertz CT molecular complexity index is 187. The fourth-order valence-electron chi connectivity index (χ4n) is 1.58. The highest BCUT2D eigenvalue weighted by atomic mass is 16.7. The van der Waals surface area contributed by atoms with Crippen molar-refractivity contribution in [2.75, 3.05) is 13.2 Å². The minimum atomic E-state index is -0.208. The first-order valence-corrected chi connectivity index (χ1v) is 5.65. The molecule has 1 aliphatic heterocycles. The van der Waals surface area contributed by atoms with Crippen LogP contribution < -0.4 is 0 Å². The van der Waals surface area contributed by atoms with Crippen molar-refractivity contribution < 1.29 is 19.0 Å². The van der Waals surface area contributed by atoms with Gasteiger partial charge in [0.1, 0.15) is 0 Å². The number of hydrogen-bond donors (Lipinski definition) is 0. The summed E-state index contributed by atoms with van der Waals surface area (Å²) >= 11 is 0. The van der Waals surface area contributed by atoms with Crippen LogP contribution in [-0.2, 0) is 19.0 Å². The summed E-state index contributed by atoms with van der Waals surface area (Å²) in [6.45, 7) is 4.85. The summed E-state index contributed by atoms with van der Waals surface area (Å²) in [5, 5.41) is 0. The van der Waals surface area contributed by atoms with Crippen molar-refractivity contribution >= 4 is 5.97 Å². The maximum Gasteiger partial charge on any atom is 0.308 e. The van der Waals surface area contributed by atoms with E-state index < -0.39 is 0 Å². The molecule has 0 saturated carbocycles. The van der Waals surface area contributed by atoms with Gasteiger partial charge in [0.25, 0.3) is 0 Å². The molecule has 1 fully saturated rings. The molecular formula is C11H20O4. The van der Waals surface area contributed by atoms with Crippen molar-refractivity contribution in [2.45, 2.75) is 51.9 Å². The van der Waals surface area contributed by atoms with Gasteiger partial charge in [-0.2, -0.15) is 0 Å². The lowest BCUT2D eigenvalue weighted by Gasteiger charge is -2.25. The van der Waals surface area contributed by atoms with Gasteiger partial charge < -0.3 is 14.2 Å². The zero-order valence-corrected chi connectivity index (χ0v) is 9.53. The fourth-order valence-corrected chi connectivity index (χ4v) is 1.58. The normalized spacial score (nSPS) is 23.5. The number of esters is 1. The molecule has 0 aliphatic carbocycles. The molecule has 4 nitrogen and oxygen atoms in total. The summed E-state index contributed by atoms with van der Waals surface area (Å²) in [6.07, 6.45) is 3.19. The quantitative estimate of drug-likeness (QED) is 0.658. The Kier molecular flexibility index (Phi) is 5.65. The molecule has 88 valence electrons. The summed E-state index contributed by atoms with van der Waals surface area (Å²) in [5.74, 6) is -0.208. The lowest BCUT2D eigenvalue weighted by molar-refractivity contribution is -0.189. The molecule has 0 N–H and O–H groups in total. The van der Waals surface area contributed by atoms with Gasteiger partial charge in [-0.05, 0) is 33.1 Å². The number of rotatable bonds is 5. The maximum atomic E-state index is 11.2. The van der Waals surface area contributed by atoms with E-state index in [0.29, 0.717) is 13.0 Å². The Morgan fingerprint density at radius 1 is 1.53 bits per heavy atom. The highest BCUT2D eigenvalue weighted by Gasteiger charge is 2.19. The van der Waals surface area contributed by atoms with Crippen LogP contribution in [0.4, 0.5) is 0 Å². The maximum absolute atomic E-state index is 11.2. The molecular weight excluding hydrogens is 196 g/mol. The molecule has 0 aromatic rings. The van der Waals surface area contributed by atoms with Gasteiger partial charge in [0.05, 0.1) is 19.1 Å². The van der Waals surface area contributed by atoms with E-state index in [1.807, 2.05) is 6.92 Å². The molecule has 1 rings (SSSR count). The second kappa shape index (κ2) is 6.80. The van der Waals surface area contributed by atoms with E-state index >= 15 is 0 Å². The first-order chi connectivity index (χ1) is 7.22. The predicted molar refractivity (Wildman–Crippen MR) is 55.4 cm³/mol. The van der Waals surface area contributed by atoms with Gasteiger partial charge in [0.2, 0.25) is 0 Å². The Morgan fingerprint density at radius 2 is 2.33 bits per heavy atom. The van der Waals surface area contributed by atoms with Crippen LogP contribution in [0, 0.1) is 0 Å². The average Bonchev–Trinajstić information content (AvgIpc) is 2.19.